The van der Waals surface area contributed by atoms with Crippen LogP contribution in [0, 0.1) is 0 Å². The third kappa shape index (κ3) is 2.94. The van der Waals surface area contributed by atoms with E-state index in [-0.39, 0.29) is 6.04 Å². The molecule has 1 saturated carbocycles. The van der Waals surface area contributed by atoms with Crippen molar-refractivity contribution < 1.29 is 5.11 Å². The molecule has 0 bridgehead atoms. The molecule has 1 aromatic rings. The van der Waals surface area contributed by atoms with Gasteiger partial charge in [0.2, 0.25) is 0 Å². The highest BCUT2D eigenvalue weighted by molar-refractivity contribution is 7.16. The molecule has 0 aromatic carbocycles. The Morgan fingerprint density at radius 1 is 1.60 bits per heavy atom. The minimum absolute atomic E-state index is 0.152. The zero-order valence-electron chi connectivity index (χ0n) is 8.58. The maximum absolute atomic E-state index is 10.4. The van der Waals surface area contributed by atoms with Crippen LogP contribution in [0.15, 0.2) is 12.1 Å². The second-order valence-electron chi connectivity index (χ2n) is 4.46. The third-order valence-electron chi connectivity index (χ3n) is 2.99. The van der Waals surface area contributed by atoms with Crippen LogP contribution in [0.4, 0.5) is 0 Å². The van der Waals surface area contributed by atoms with Gasteiger partial charge in [-0.3, -0.25) is 0 Å². The van der Waals surface area contributed by atoms with Gasteiger partial charge in [0.05, 0.1) is 9.94 Å². The number of thiophene rings is 1. The molecule has 4 heteroatoms. The van der Waals surface area contributed by atoms with Crippen molar-refractivity contribution in [2.75, 3.05) is 0 Å². The lowest BCUT2D eigenvalue weighted by atomic mass is 9.80. The van der Waals surface area contributed by atoms with Gasteiger partial charge in [0, 0.05) is 17.3 Å². The molecule has 2 rings (SSSR count). The summed E-state index contributed by atoms with van der Waals surface area (Å²) in [5, 5.41) is 10.4. The van der Waals surface area contributed by atoms with Crippen molar-refractivity contribution in [3.05, 3.63) is 21.3 Å². The Bertz CT molecular complexity index is 341. The van der Waals surface area contributed by atoms with Gasteiger partial charge in [-0.05, 0) is 37.8 Å². The first-order chi connectivity index (χ1) is 7.07. The Kier molecular flexibility index (Phi) is 3.36. The number of hydrogen-bond donors (Lipinski definition) is 2. The van der Waals surface area contributed by atoms with Gasteiger partial charge >= 0.3 is 0 Å². The van der Waals surface area contributed by atoms with Gasteiger partial charge in [-0.2, -0.15) is 0 Å². The monoisotopic (exact) mass is 245 g/mol. The van der Waals surface area contributed by atoms with Crippen molar-refractivity contribution in [1.82, 2.24) is 0 Å². The van der Waals surface area contributed by atoms with E-state index in [1.807, 2.05) is 12.1 Å². The average Bonchev–Trinajstić information content (AvgIpc) is 2.49. The standard InChI is InChI=1S/C11H16ClNOS/c12-10-4-3-9(15-10)7-11(14)5-1-2-8(13)6-11/h3-4,8,14H,1-2,5-7,13H2. The quantitative estimate of drug-likeness (QED) is 0.841. The van der Waals surface area contributed by atoms with E-state index in [9.17, 15) is 5.11 Å². The summed E-state index contributed by atoms with van der Waals surface area (Å²) in [6.07, 6.45) is 4.32. The molecule has 15 heavy (non-hydrogen) atoms. The van der Waals surface area contributed by atoms with Crippen LogP contribution in [0.5, 0.6) is 0 Å². The molecule has 1 heterocycles. The molecule has 1 aromatic heterocycles. The van der Waals surface area contributed by atoms with Gasteiger partial charge in [0.25, 0.3) is 0 Å². The Morgan fingerprint density at radius 3 is 3.00 bits per heavy atom. The van der Waals surface area contributed by atoms with E-state index in [0.717, 1.165) is 28.5 Å². The van der Waals surface area contributed by atoms with Gasteiger partial charge in [-0.15, -0.1) is 11.3 Å². The first-order valence-electron chi connectivity index (χ1n) is 5.30. The largest absolute Gasteiger partial charge is 0.389 e. The number of rotatable bonds is 2. The molecular formula is C11H16ClNOS. The van der Waals surface area contributed by atoms with E-state index < -0.39 is 5.60 Å². The van der Waals surface area contributed by atoms with E-state index in [1.165, 1.54) is 0 Å². The van der Waals surface area contributed by atoms with Crippen LogP contribution in [-0.2, 0) is 6.42 Å². The average molecular weight is 246 g/mol. The normalized spacial score (nSPS) is 31.8. The summed E-state index contributed by atoms with van der Waals surface area (Å²) in [7, 11) is 0. The lowest BCUT2D eigenvalue weighted by molar-refractivity contribution is -0.00123. The Morgan fingerprint density at radius 2 is 2.40 bits per heavy atom. The zero-order valence-corrected chi connectivity index (χ0v) is 10.2. The molecule has 3 N–H and O–H groups in total. The van der Waals surface area contributed by atoms with E-state index in [4.69, 9.17) is 17.3 Å². The minimum Gasteiger partial charge on any atom is -0.389 e. The molecule has 1 aliphatic carbocycles. The van der Waals surface area contributed by atoms with Crippen LogP contribution >= 0.6 is 22.9 Å². The summed E-state index contributed by atoms with van der Waals surface area (Å²) in [5.74, 6) is 0. The number of nitrogens with two attached hydrogens (primary N) is 1. The summed E-state index contributed by atoms with van der Waals surface area (Å²) in [4.78, 5) is 1.15. The molecule has 1 aliphatic rings. The van der Waals surface area contributed by atoms with Gasteiger partial charge in [0.15, 0.2) is 0 Å². The highest BCUT2D eigenvalue weighted by Gasteiger charge is 2.33. The van der Waals surface area contributed by atoms with Crippen molar-refractivity contribution in [1.29, 1.82) is 0 Å². The first kappa shape index (κ1) is 11.4. The molecule has 0 radical (unpaired) electrons. The first-order valence-corrected chi connectivity index (χ1v) is 6.49. The molecular weight excluding hydrogens is 230 g/mol. The highest BCUT2D eigenvalue weighted by Crippen LogP contribution is 2.33. The predicted octanol–water partition coefficient (Wildman–Crippen LogP) is 2.58. The summed E-state index contributed by atoms with van der Waals surface area (Å²) in [5.41, 5.74) is 5.28. The van der Waals surface area contributed by atoms with Crippen LogP contribution in [0.25, 0.3) is 0 Å². The zero-order chi connectivity index (χ0) is 10.9. The van der Waals surface area contributed by atoms with Crippen LogP contribution in [-0.4, -0.2) is 16.7 Å². The Hall–Kier alpha value is -0.0900. The maximum Gasteiger partial charge on any atom is 0.0931 e. The number of hydrogen-bond acceptors (Lipinski definition) is 3. The molecule has 0 aliphatic heterocycles. The van der Waals surface area contributed by atoms with Crippen LogP contribution in [0.3, 0.4) is 0 Å². The van der Waals surface area contributed by atoms with Crippen molar-refractivity contribution >= 4 is 22.9 Å². The molecule has 2 unspecified atom stereocenters. The van der Waals surface area contributed by atoms with Crippen LogP contribution in [0.1, 0.15) is 30.6 Å². The van der Waals surface area contributed by atoms with Crippen molar-refractivity contribution in [3.8, 4) is 0 Å². The van der Waals surface area contributed by atoms with E-state index in [0.29, 0.717) is 12.8 Å². The molecule has 1 fully saturated rings. The molecule has 84 valence electrons. The fraction of sp³-hybridized carbons (Fsp3) is 0.636. The van der Waals surface area contributed by atoms with E-state index in [2.05, 4.69) is 0 Å². The second kappa shape index (κ2) is 4.42. The minimum atomic E-state index is -0.605. The molecule has 0 spiro atoms. The van der Waals surface area contributed by atoms with Gasteiger partial charge < -0.3 is 10.8 Å². The third-order valence-corrected chi connectivity index (χ3v) is 4.22. The maximum atomic E-state index is 10.4. The number of halogens is 1. The fourth-order valence-electron chi connectivity index (χ4n) is 2.32. The fourth-order valence-corrected chi connectivity index (χ4v) is 3.54. The second-order valence-corrected chi connectivity index (χ2v) is 6.26. The SMILES string of the molecule is NC1CCCC(O)(Cc2ccc(Cl)s2)C1. The van der Waals surface area contributed by atoms with Crippen molar-refractivity contribution in [2.45, 2.75) is 43.7 Å². The van der Waals surface area contributed by atoms with Crippen LogP contribution in [0.2, 0.25) is 4.34 Å². The van der Waals surface area contributed by atoms with E-state index >= 15 is 0 Å². The Labute approximate surface area is 99.1 Å². The highest BCUT2D eigenvalue weighted by atomic mass is 35.5. The van der Waals surface area contributed by atoms with Gasteiger partial charge in [-0.25, -0.2) is 0 Å². The summed E-state index contributed by atoms with van der Waals surface area (Å²) in [6, 6.07) is 4.03. The van der Waals surface area contributed by atoms with E-state index in [1.54, 1.807) is 11.3 Å². The van der Waals surface area contributed by atoms with Crippen LogP contribution < -0.4 is 5.73 Å². The van der Waals surface area contributed by atoms with Gasteiger partial charge in [-0.1, -0.05) is 11.6 Å². The molecule has 2 nitrogen and oxygen atoms in total. The number of aliphatic hydroxyl groups is 1. The Balaban J connectivity index is 2.03. The predicted molar refractivity (Wildman–Crippen MR) is 64.4 cm³/mol. The lowest BCUT2D eigenvalue weighted by Crippen LogP contribution is -2.42. The van der Waals surface area contributed by atoms with Crippen molar-refractivity contribution in [3.63, 3.8) is 0 Å². The summed E-state index contributed by atoms with van der Waals surface area (Å²) < 4.78 is 0.786. The molecule has 2 atom stereocenters. The smallest absolute Gasteiger partial charge is 0.0931 e. The molecule has 0 saturated heterocycles. The molecule has 0 amide bonds. The van der Waals surface area contributed by atoms with Crippen molar-refractivity contribution in [2.24, 2.45) is 5.73 Å². The lowest BCUT2D eigenvalue weighted by Gasteiger charge is -2.35. The topological polar surface area (TPSA) is 46.2 Å². The summed E-state index contributed by atoms with van der Waals surface area (Å²) in [6.45, 7) is 0. The van der Waals surface area contributed by atoms with Gasteiger partial charge in [0.1, 0.15) is 0 Å². The summed E-state index contributed by atoms with van der Waals surface area (Å²) >= 11 is 7.41.